The van der Waals surface area contributed by atoms with Gasteiger partial charge in [0, 0.05) is 28.5 Å². The van der Waals surface area contributed by atoms with Crippen molar-refractivity contribution in [3.05, 3.63) is 73.7 Å². The second kappa shape index (κ2) is 13.5. The van der Waals surface area contributed by atoms with Crippen LogP contribution < -0.4 is 5.56 Å². The second-order valence-corrected chi connectivity index (χ2v) is 22.0. The van der Waals surface area contributed by atoms with E-state index < -0.39 is 17.4 Å². The number of nitrogens with zero attached hydrogens (tertiary/aromatic N) is 2. The Labute approximate surface area is 345 Å². The van der Waals surface area contributed by atoms with Gasteiger partial charge in [-0.05, 0) is 167 Å². The third-order valence-corrected chi connectivity index (χ3v) is 17.9. The van der Waals surface area contributed by atoms with Gasteiger partial charge in [0.25, 0.3) is 5.56 Å². The molecule has 2 aromatic rings. The molecule has 8 unspecified atom stereocenters. The number of aliphatic carboxylic acids is 1. The highest BCUT2D eigenvalue weighted by molar-refractivity contribution is 6.30. The molecule has 5 fully saturated rings. The molecule has 0 amide bonds. The predicted molar refractivity (Wildman–Crippen MR) is 227 cm³/mol. The molecule has 8 atom stereocenters. The van der Waals surface area contributed by atoms with Gasteiger partial charge in [0.2, 0.25) is 0 Å². The minimum atomic E-state index is -1.16. The van der Waals surface area contributed by atoms with Crippen LogP contribution in [0.15, 0.2) is 57.4 Å². The van der Waals surface area contributed by atoms with E-state index in [1.54, 1.807) is 36.1 Å². The molecule has 0 aliphatic heterocycles. The van der Waals surface area contributed by atoms with Crippen molar-refractivity contribution in [1.82, 2.24) is 9.36 Å². The molecule has 310 valence electrons. The summed E-state index contributed by atoms with van der Waals surface area (Å²) in [6.07, 6.45) is 11.7. The SMILES string of the molecule is CCn1c(C23CCC4(C)C(CCC5C6(C)CCC(OC(=O)CC(C)(C)C(=O)O)C(C)(C)C6CCC54C)C2=C(C(C)C)C(=C2CC2)C3)cc(=O)n1-c1ccc(Cl)cc1. The number of carboxylic acids is 1. The number of halogens is 1. The van der Waals surface area contributed by atoms with Gasteiger partial charge in [-0.25, -0.2) is 4.68 Å². The second-order valence-electron chi connectivity index (χ2n) is 21.5. The number of esters is 1. The fourth-order valence-corrected chi connectivity index (χ4v) is 14.7. The van der Waals surface area contributed by atoms with Gasteiger partial charge in [0.1, 0.15) is 6.10 Å². The maximum absolute atomic E-state index is 14.2. The Hall–Kier alpha value is -3.06. The maximum Gasteiger partial charge on any atom is 0.309 e. The summed E-state index contributed by atoms with van der Waals surface area (Å²) < 4.78 is 10.4. The van der Waals surface area contributed by atoms with Crippen LogP contribution in [0.3, 0.4) is 0 Å². The Bertz CT molecular complexity index is 2110. The lowest BCUT2D eigenvalue weighted by molar-refractivity contribution is -0.232. The van der Waals surface area contributed by atoms with Gasteiger partial charge in [-0.15, -0.1) is 0 Å². The van der Waals surface area contributed by atoms with Gasteiger partial charge in [0.05, 0.1) is 23.2 Å². The van der Waals surface area contributed by atoms with E-state index in [0.717, 1.165) is 57.1 Å². The zero-order valence-corrected chi connectivity index (χ0v) is 37.1. The number of fused-ring (bicyclic) bond motifs is 7. The number of benzene rings is 1. The number of carbonyl (C=O) groups is 2. The van der Waals surface area contributed by atoms with Crippen LogP contribution in [-0.4, -0.2) is 32.5 Å². The van der Waals surface area contributed by atoms with Gasteiger partial charge in [-0.3, -0.25) is 19.1 Å². The highest BCUT2D eigenvalue weighted by Gasteiger charge is 2.70. The molecule has 7 nitrogen and oxygen atoms in total. The zero-order chi connectivity index (χ0) is 41.2. The Morgan fingerprint density at radius 3 is 2.23 bits per heavy atom. The first-order valence-electron chi connectivity index (χ1n) is 22.1. The Morgan fingerprint density at radius 1 is 0.930 bits per heavy atom. The Morgan fingerprint density at radius 2 is 1.61 bits per heavy atom. The van der Waals surface area contributed by atoms with Gasteiger partial charge in [0.15, 0.2) is 0 Å². The molecule has 1 heterocycles. The largest absolute Gasteiger partial charge is 0.481 e. The molecular weight excluding hydrogens is 732 g/mol. The predicted octanol–water partition coefficient (Wildman–Crippen LogP) is 11.5. The van der Waals surface area contributed by atoms with Crippen molar-refractivity contribution in [3.8, 4) is 5.69 Å². The van der Waals surface area contributed by atoms with Crippen LogP contribution in [0.2, 0.25) is 5.02 Å². The molecule has 8 rings (SSSR count). The van der Waals surface area contributed by atoms with Gasteiger partial charge < -0.3 is 9.84 Å². The first-order chi connectivity index (χ1) is 26.7. The summed E-state index contributed by atoms with van der Waals surface area (Å²) in [6.45, 7) is 23.4. The standard InChI is InChI=1S/C49H67ClN2O5/c1-11-51-37(26-39(53)52(51)32-16-14-31(50)15-17-32)49-25-24-47(9)34(42(49)41(29(2)3)33(27-49)30-12-13-30)18-19-36-46(8)22-21-38(57-40(54)28-44(4,5)43(55)56)45(6,7)35(46)20-23-48(36,47)10/h14-17,26,29,34-36,38H,11-13,18-25,27-28H2,1-10H3,(H,55,56). The average Bonchev–Trinajstić information content (AvgIpc) is 3.83. The van der Waals surface area contributed by atoms with E-state index in [4.69, 9.17) is 16.3 Å². The van der Waals surface area contributed by atoms with Crippen LogP contribution in [0.1, 0.15) is 152 Å². The first kappa shape index (κ1) is 40.7. The summed E-state index contributed by atoms with van der Waals surface area (Å²) in [4.78, 5) is 39.2. The molecular formula is C49H67ClN2O5. The Kier molecular flexibility index (Phi) is 9.63. The lowest BCUT2D eigenvalue weighted by Crippen LogP contribution is -2.66. The highest BCUT2D eigenvalue weighted by Crippen LogP contribution is 2.77. The van der Waals surface area contributed by atoms with Crippen molar-refractivity contribution in [2.45, 2.75) is 164 Å². The molecule has 6 aliphatic rings. The molecule has 0 bridgehead atoms. The number of rotatable bonds is 8. The molecule has 0 radical (unpaired) electrons. The number of hydrogen-bond donors (Lipinski definition) is 1. The fourth-order valence-electron chi connectivity index (χ4n) is 14.5. The molecule has 8 heteroatoms. The van der Waals surface area contributed by atoms with Gasteiger partial charge in [-0.1, -0.05) is 71.2 Å². The summed E-state index contributed by atoms with van der Waals surface area (Å²) in [5.74, 6) is 0.419. The van der Waals surface area contributed by atoms with Crippen molar-refractivity contribution in [2.75, 3.05) is 0 Å². The van der Waals surface area contributed by atoms with Crippen molar-refractivity contribution in [3.63, 3.8) is 0 Å². The van der Waals surface area contributed by atoms with Gasteiger partial charge in [-0.2, -0.15) is 0 Å². The molecule has 0 saturated heterocycles. The third-order valence-electron chi connectivity index (χ3n) is 17.6. The van der Waals surface area contributed by atoms with E-state index in [1.807, 2.05) is 35.0 Å². The number of carboxylic acid groups (broad SMARTS) is 1. The number of carbonyl (C=O) groups excluding carboxylic acids is 1. The van der Waals surface area contributed by atoms with Crippen LogP contribution in [0, 0.1) is 50.7 Å². The van der Waals surface area contributed by atoms with Crippen molar-refractivity contribution in [2.24, 2.45) is 50.7 Å². The molecule has 6 aliphatic carbocycles. The van der Waals surface area contributed by atoms with Crippen LogP contribution in [0.5, 0.6) is 0 Å². The van der Waals surface area contributed by atoms with Crippen molar-refractivity contribution in [1.29, 1.82) is 0 Å². The molecule has 5 saturated carbocycles. The highest BCUT2D eigenvalue weighted by atomic mass is 35.5. The van der Waals surface area contributed by atoms with E-state index in [-0.39, 0.29) is 45.2 Å². The van der Waals surface area contributed by atoms with E-state index >= 15 is 0 Å². The normalized spacial score (nSPS) is 35.7. The molecule has 1 N–H and O–H groups in total. The molecule has 57 heavy (non-hydrogen) atoms. The topological polar surface area (TPSA) is 90.5 Å². The summed E-state index contributed by atoms with van der Waals surface area (Å²) in [6, 6.07) is 9.69. The van der Waals surface area contributed by atoms with Gasteiger partial charge >= 0.3 is 11.9 Å². The van der Waals surface area contributed by atoms with Crippen molar-refractivity contribution < 1.29 is 19.4 Å². The number of allylic oxidation sites excluding steroid dienone is 4. The molecule has 1 aromatic carbocycles. The zero-order valence-electron chi connectivity index (χ0n) is 36.3. The van der Waals surface area contributed by atoms with Crippen LogP contribution in [0.25, 0.3) is 5.69 Å². The summed E-state index contributed by atoms with van der Waals surface area (Å²) in [5.41, 5.74) is 7.38. The van der Waals surface area contributed by atoms with Crippen LogP contribution in [0.4, 0.5) is 0 Å². The first-order valence-corrected chi connectivity index (χ1v) is 22.5. The van der Waals surface area contributed by atoms with E-state index in [1.165, 1.54) is 25.0 Å². The van der Waals surface area contributed by atoms with E-state index in [0.29, 0.717) is 35.2 Å². The number of aromatic nitrogens is 2. The minimum Gasteiger partial charge on any atom is -0.481 e. The monoisotopic (exact) mass is 798 g/mol. The van der Waals surface area contributed by atoms with E-state index in [2.05, 4.69) is 60.1 Å². The Balaban J connectivity index is 1.18. The van der Waals surface area contributed by atoms with E-state index in [9.17, 15) is 19.5 Å². The minimum absolute atomic E-state index is 0.0336. The third kappa shape index (κ3) is 5.87. The van der Waals surface area contributed by atoms with Crippen LogP contribution in [-0.2, 0) is 26.3 Å². The smallest absolute Gasteiger partial charge is 0.309 e. The fraction of sp³-hybridized carbons (Fsp3) is 0.694. The number of hydrogen-bond acceptors (Lipinski definition) is 4. The maximum atomic E-state index is 14.2. The lowest BCUT2D eigenvalue weighted by atomic mass is 9.33. The molecule has 1 aromatic heterocycles. The van der Waals surface area contributed by atoms with Crippen LogP contribution >= 0.6 is 11.6 Å². The summed E-state index contributed by atoms with van der Waals surface area (Å²) in [7, 11) is 0. The summed E-state index contributed by atoms with van der Waals surface area (Å²) in [5, 5.41) is 10.3. The molecule has 0 spiro atoms. The average molecular weight is 800 g/mol. The quantitative estimate of drug-likeness (QED) is 0.269. The lowest BCUT2D eigenvalue weighted by Gasteiger charge is -2.72. The van der Waals surface area contributed by atoms with Crippen molar-refractivity contribution >= 4 is 23.5 Å². The summed E-state index contributed by atoms with van der Waals surface area (Å²) >= 11 is 6.32. The number of ether oxygens (including phenoxy) is 1.